The lowest BCUT2D eigenvalue weighted by Gasteiger charge is -2.32. The van der Waals surface area contributed by atoms with E-state index in [1.54, 1.807) is 0 Å². The minimum atomic E-state index is -0.336. The van der Waals surface area contributed by atoms with E-state index >= 15 is 0 Å². The van der Waals surface area contributed by atoms with E-state index in [1.165, 1.54) is 5.56 Å². The van der Waals surface area contributed by atoms with Crippen LogP contribution in [0.1, 0.15) is 51.9 Å². The van der Waals surface area contributed by atoms with Crippen molar-refractivity contribution in [2.45, 2.75) is 57.6 Å². The molecule has 4 heteroatoms. The van der Waals surface area contributed by atoms with E-state index in [0.29, 0.717) is 6.42 Å². The smallest absolute Gasteiger partial charge is 0.403 e. The Balaban J connectivity index is 2.24. The van der Waals surface area contributed by atoms with Crippen molar-refractivity contribution in [2.24, 2.45) is 0 Å². The first-order chi connectivity index (χ1) is 9.37. The van der Waals surface area contributed by atoms with Gasteiger partial charge in [0.05, 0.1) is 17.3 Å². The topological polar surface area (TPSA) is 42.2 Å². The van der Waals surface area contributed by atoms with Gasteiger partial charge in [-0.25, -0.2) is 0 Å². The van der Waals surface area contributed by atoms with Gasteiger partial charge in [0.2, 0.25) is 0 Å². The van der Waals surface area contributed by atoms with Crippen LogP contribution >= 0.6 is 0 Å². The summed E-state index contributed by atoms with van der Waals surface area (Å²) in [4.78, 5) is 0. The summed E-state index contributed by atoms with van der Waals surface area (Å²) in [6.07, 6.45) is 1.25. The van der Waals surface area contributed by atoms with Crippen LogP contribution in [0.15, 0.2) is 30.3 Å². The third kappa shape index (κ3) is 2.89. The summed E-state index contributed by atoms with van der Waals surface area (Å²) in [5.41, 5.74) is 0.496. The molecule has 1 heterocycles. The Labute approximate surface area is 122 Å². The van der Waals surface area contributed by atoms with Gasteiger partial charge in [-0.15, -0.1) is 0 Å². The lowest BCUT2D eigenvalue weighted by Crippen LogP contribution is -2.41. The maximum Gasteiger partial charge on any atom is 0.465 e. The van der Waals surface area contributed by atoms with Crippen molar-refractivity contribution in [3.05, 3.63) is 35.9 Å². The fourth-order valence-corrected chi connectivity index (χ4v) is 2.43. The van der Waals surface area contributed by atoms with Crippen LogP contribution < -0.4 is 0 Å². The molecule has 0 bridgehead atoms. The molecule has 3 nitrogen and oxygen atoms in total. The predicted molar refractivity (Wildman–Crippen MR) is 80.1 cm³/mol. The molecule has 0 radical (unpaired) electrons. The van der Waals surface area contributed by atoms with E-state index in [-0.39, 0.29) is 24.1 Å². The third-order valence-electron chi connectivity index (χ3n) is 4.39. The highest BCUT2D eigenvalue weighted by atomic mass is 16.7. The van der Waals surface area contributed by atoms with Crippen molar-refractivity contribution in [3.8, 4) is 6.07 Å². The Morgan fingerprint density at radius 3 is 2.15 bits per heavy atom. The predicted octanol–water partition coefficient (Wildman–Crippen LogP) is 3.71. The van der Waals surface area contributed by atoms with E-state index in [2.05, 4.69) is 45.9 Å². The van der Waals surface area contributed by atoms with E-state index in [4.69, 9.17) is 14.6 Å². The number of hydrogen-bond donors (Lipinski definition) is 0. The van der Waals surface area contributed by atoms with Crippen LogP contribution in [-0.2, 0) is 9.31 Å². The molecule has 106 valence electrons. The highest BCUT2D eigenvalue weighted by molar-refractivity contribution is 6.47. The van der Waals surface area contributed by atoms with Gasteiger partial charge in [-0.2, -0.15) is 5.26 Å². The molecular weight excluding hydrogens is 249 g/mol. The SMILES string of the molecule is CC1(C)OB(C(CCC#N)c2ccccc2)OC1(C)C. The van der Waals surface area contributed by atoms with Crippen LogP contribution in [0.2, 0.25) is 0 Å². The minimum Gasteiger partial charge on any atom is -0.403 e. The number of nitrogens with zero attached hydrogens (tertiary/aromatic N) is 1. The first-order valence-electron chi connectivity index (χ1n) is 7.15. The van der Waals surface area contributed by atoms with Crippen LogP contribution in [0, 0.1) is 11.3 Å². The fraction of sp³-hybridized carbons (Fsp3) is 0.562. The van der Waals surface area contributed by atoms with Gasteiger partial charge in [-0.05, 0) is 39.7 Å². The Morgan fingerprint density at radius 1 is 1.10 bits per heavy atom. The van der Waals surface area contributed by atoms with Gasteiger partial charge in [-0.3, -0.25) is 0 Å². The lowest BCUT2D eigenvalue weighted by molar-refractivity contribution is 0.00578. The van der Waals surface area contributed by atoms with E-state index < -0.39 is 0 Å². The molecule has 1 aliphatic rings. The van der Waals surface area contributed by atoms with Gasteiger partial charge in [-0.1, -0.05) is 30.3 Å². The monoisotopic (exact) mass is 271 g/mol. The molecule has 1 aromatic rings. The molecule has 1 fully saturated rings. The third-order valence-corrected chi connectivity index (χ3v) is 4.39. The summed E-state index contributed by atoms with van der Waals surface area (Å²) >= 11 is 0. The van der Waals surface area contributed by atoms with Gasteiger partial charge in [0.15, 0.2) is 0 Å². The number of hydrogen-bond acceptors (Lipinski definition) is 3. The molecule has 0 saturated carbocycles. The Morgan fingerprint density at radius 2 is 1.65 bits per heavy atom. The molecule has 20 heavy (non-hydrogen) atoms. The maximum absolute atomic E-state index is 8.88. The summed E-state index contributed by atoms with van der Waals surface area (Å²) < 4.78 is 12.3. The largest absolute Gasteiger partial charge is 0.465 e. The molecule has 1 unspecified atom stereocenters. The van der Waals surface area contributed by atoms with E-state index in [9.17, 15) is 0 Å². The van der Waals surface area contributed by atoms with Gasteiger partial charge in [0.25, 0.3) is 0 Å². The first-order valence-corrected chi connectivity index (χ1v) is 7.15. The Bertz CT molecular complexity index is 477. The molecule has 0 amide bonds. The standard InChI is InChI=1S/C16H22BNO2/c1-15(2)16(3,4)20-17(19-15)14(11-8-12-18)13-9-6-5-7-10-13/h5-7,9-10,14H,8,11H2,1-4H3. The molecule has 1 aliphatic heterocycles. The number of nitriles is 1. The fourth-order valence-electron chi connectivity index (χ4n) is 2.43. The molecule has 1 saturated heterocycles. The van der Waals surface area contributed by atoms with Crippen molar-refractivity contribution in [2.75, 3.05) is 0 Å². The zero-order valence-corrected chi connectivity index (χ0v) is 12.7. The second-order valence-electron chi connectivity index (χ2n) is 6.34. The second-order valence-corrected chi connectivity index (χ2v) is 6.34. The van der Waals surface area contributed by atoms with Crippen LogP contribution in [0.25, 0.3) is 0 Å². The van der Waals surface area contributed by atoms with E-state index in [0.717, 1.165) is 6.42 Å². The van der Waals surface area contributed by atoms with Crippen LogP contribution in [0.4, 0.5) is 0 Å². The Hall–Kier alpha value is -1.31. The molecule has 1 atom stereocenters. The molecule has 0 aromatic heterocycles. The molecule has 2 rings (SSSR count). The quantitative estimate of drug-likeness (QED) is 0.784. The van der Waals surface area contributed by atoms with Crippen molar-refractivity contribution < 1.29 is 9.31 Å². The summed E-state index contributed by atoms with van der Waals surface area (Å²) in [5, 5.41) is 8.88. The van der Waals surface area contributed by atoms with Crippen LogP contribution in [-0.4, -0.2) is 18.3 Å². The second kappa shape index (κ2) is 5.59. The van der Waals surface area contributed by atoms with Crippen molar-refractivity contribution in [1.82, 2.24) is 0 Å². The summed E-state index contributed by atoms with van der Waals surface area (Å²) in [6, 6.07) is 12.4. The molecule has 0 N–H and O–H groups in total. The molecule has 0 aliphatic carbocycles. The van der Waals surface area contributed by atoms with Crippen molar-refractivity contribution in [1.29, 1.82) is 5.26 Å². The highest BCUT2D eigenvalue weighted by Gasteiger charge is 2.53. The molecule has 1 aromatic carbocycles. The van der Waals surface area contributed by atoms with Gasteiger partial charge < -0.3 is 9.31 Å². The normalized spacial score (nSPS) is 21.4. The lowest BCUT2D eigenvalue weighted by atomic mass is 9.66. The minimum absolute atomic E-state index is 0.0944. The highest BCUT2D eigenvalue weighted by Crippen LogP contribution is 2.41. The average Bonchev–Trinajstić information content (AvgIpc) is 2.60. The number of benzene rings is 1. The maximum atomic E-state index is 8.88. The number of rotatable bonds is 4. The molecular formula is C16H22BNO2. The molecule has 0 spiro atoms. The zero-order valence-electron chi connectivity index (χ0n) is 12.7. The van der Waals surface area contributed by atoms with E-state index in [1.807, 2.05) is 18.2 Å². The summed E-state index contributed by atoms with van der Waals surface area (Å²) in [6.45, 7) is 8.22. The zero-order chi connectivity index (χ0) is 14.8. The van der Waals surface area contributed by atoms with Gasteiger partial charge in [0, 0.05) is 12.2 Å². The Kier molecular flexibility index (Phi) is 4.22. The van der Waals surface area contributed by atoms with Gasteiger partial charge >= 0.3 is 7.12 Å². The summed E-state index contributed by atoms with van der Waals surface area (Å²) in [5.74, 6) is 0.0944. The first kappa shape index (κ1) is 15.1. The van der Waals surface area contributed by atoms with Crippen LogP contribution in [0.5, 0.6) is 0 Å². The van der Waals surface area contributed by atoms with Crippen molar-refractivity contribution >= 4 is 7.12 Å². The summed E-state index contributed by atoms with van der Waals surface area (Å²) in [7, 11) is -0.296. The van der Waals surface area contributed by atoms with Gasteiger partial charge in [0.1, 0.15) is 0 Å². The van der Waals surface area contributed by atoms with Crippen LogP contribution in [0.3, 0.4) is 0 Å². The van der Waals surface area contributed by atoms with Crippen molar-refractivity contribution in [3.63, 3.8) is 0 Å². The average molecular weight is 271 g/mol.